The van der Waals surface area contributed by atoms with Gasteiger partial charge >= 0.3 is 0 Å². The molecular formula is C25H22O2. The SMILES string of the molecule is C=C1OC2(c3ccccc3)CC(c3ccccc3)CC1(c1ccccc1)O2. The van der Waals surface area contributed by atoms with E-state index in [1.807, 2.05) is 24.3 Å². The van der Waals surface area contributed by atoms with E-state index in [1.54, 1.807) is 0 Å². The Morgan fingerprint density at radius 1 is 0.704 bits per heavy atom. The van der Waals surface area contributed by atoms with E-state index in [4.69, 9.17) is 9.47 Å². The highest BCUT2D eigenvalue weighted by molar-refractivity contribution is 5.38. The minimum absolute atomic E-state index is 0.319. The lowest BCUT2D eigenvalue weighted by Gasteiger charge is -2.41. The molecule has 2 fully saturated rings. The Balaban J connectivity index is 1.67. The number of fused-ring (bicyclic) bond motifs is 2. The summed E-state index contributed by atoms with van der Waals surface area (Å²) in [5.41, 5.74) is 2.84. The van der Waals surface area contributed by atoms with Crippen molar-refractivity contribution in [1.82, 2.24) is 0 Å². The Morgan fingerprint density at radius 3 is 1.89 bits per heavy atom. The molecule has 5 rings (SSSR count). The topological polar surface area (TPSA) is 18.5 Å². The Hall–Kier alpha value is -2.84. The first kappa shape index (κ1) is 16.3. The van der Waals surface area contributed by atoms with Crippen LogP contribution in [0.1, 0.15) is 35.4 Å². The highest BCUT2D eigenvalue weighted by Crippen LogP contribution is 2.61. The molecule has 2 heteroatoms. The summed E-state index contributed by atoms with van der Waals surface area (Å²) < 4.78 is 13.2. The summed E-state index contributed by atoms with van der Waals surface area (Å²) in [7, 11) is 0. The van der Waals surface area contributed by atoms with E-state index in [2.05, 4.69) is 73.3 Å². The minimum Gasteiger partial charge on any atom is -0.459 e. The zero-order valence-electron chi connectivity index (χ0n) is 15.2. The Morgan fingerprint density at radius 2 is 1.26 bits per heavy atom. The second kappa shape index (κ2) is 6.11. The van der Waals surface area contributed by atoms with Crippen molar-refractivity contribution in [2.75, 3.05) is 0 Å². The van der Waals surface area contributed by atoms with Crippen molar-refractivity contribution in [3.05, 3.63) is 120 Å². The normalized spacial score (nSPS) is 29.3. The molecule has 0 radical (unpaired) electrons. The summed E-state index contributed by atoms with van der Waals surface area (Å²) in [5, 5.41) is 0. The number of hydrogen-bond donors (Lipinski definition) is 0. The molecule has 27 heavy (non-hydrogen) atoms. The highest BCUT2D eigenvalue weighted by atomic mass is 16.8. The maximum atomic E-state index is 6.79. The standard InChI is InChI=1S/C25H22O2/c1-19-24(22-13-7-3-8-14-22)17-21(20-11-5-2-6-12-20)18-25(26-19,27-24)23-15-9-4-10-16-23/h2-16,21H,1,17-18H2. The molecule has 2 bridgehead atoms. The molecule has 2 aliphatic heterocycles. The third-order valence-corrected chi connectivity index (χ3v) is 5.85. The molecule has 0 saturated carbocycles. The van der Waals surface area contributed by atoms with Gasteiger partial charge in [-0.05, 0) is 23.5 Å². The van der Waals surface area contributed by atoms with Crippen molar-refractivity contribution in [3.8, 4) is 0 Å². The molecule has 3 atom stereocenters. The van der Waals surface area contributed by atoms with Gasteiger partial charge in [0.05, 0.1) is 0 Å². The predicted molar refractivity (Wildman–Crippen MR) is 106 cm³/mol. The zero-order chi connectivity index (χ0) is 18.3. The van der Waals surface area contributed by atoms with E-state index in [9.17, 15) is 0 Å². The van der Waals surface area contributed by atoms with E-state index >= 15 is 0 Å². The van der Waals surface area contributed by atoms with Gasteiger partial charge in [-0.25, -0.2) is 0 Å². The smallest absolute Gasteiger partial charge is 0.238 e. The van der Waals surface area contributed by atoms with Gasteiger partial charge in [-0.1, -0.05) is 97.6 Å². The first-order chi connectivity index (χ1) is 13.2. The second-order valence-electron chi connectivity index (χ2n) is 7.46. The van der Waals surface area contributed by atoms with Gasteiger partial charge in [-0.2, -0.15) is 0 Å². The van der Waals surface area contributed by atoms with Crippen LogP contribution in [-0.2, 0) is 20.9 Å². The van der Waals surface area contributed by atoms with Crippen molar-refractivity contribution in [2.24, 2.45) is 0 Å². The Kier molecular flexibility index (Phi) is 3.70. The van der Waals surface area contributed by atoms with Gasteiger partial charge in [0.2, 0.25) is 5.79 Å². The molecule has 134 valence electrons. The number of benzene rings is 3. The Bertz CT molecular complexity index is 951. The van der Waals surface area contributed by atoms with Gasteiger partial charge in [0.1, 0.15) is 5.76 Å². The largest absolute Gasteiger partial charge is 0.459 e. The van der Waals surface area contributed by atoms with E-state index in [0.29, 0.717) is 11.7 Å². The van der Waals surface area contributed by atoms with Crippen LogP contribution in [0.15, 0.2) is 103 Å². The minimum atomic E-state index is -0.799. The zero-order valence-corrected chi connectivity index (χ0v) is 15.2. The number of ether oxygens (including phenoxy) is 2. The quantitative estimate of drug-likeness (QED) is 0.585. The van der Waals surface area contributed by atoms with Crippen LogP contribution in [0.25, 0.3) is 0 Å². The highest BCUT2D eigenvalue weighted by Gasteiger charge is 2.61. The van der Waals surface area contributed by atoms with Gasteiger partial charge in [-0.15, -0.1) is 0 Å². The van der Waals surface area contributed by atoms with Crippen LogP contribution in [0.5, 0.6) is 0 Å². The maximum absolute atomic E-state index is 6.79. The van der Waals surface area contributed by atoms with E-state index in [0.717, 1.165) is 24.0 Å². The van der Waals surface area contributed by atoms with Crippen LogP contribution in [-0.4, -0.2) is 0 Å². The van der Waals surface area contributed by atoms with Crippen molar-refractivity contribution < 1.29 is 9.47 Å². The number of hydrogen-bond acceptors (Lipinski definition) is 2. The maximum Gasteiger partial charge on any atom is 0.238 e. The molecule has 2 heterocycles. The lowest BCUT2D eigenvalue weighted by atomic mass is 9.75. The molecule has 0 amide bonds. The summed E-state index contributed by atoms with van der Waals surface area (Å²) in [6, 6.07) is 31.3. The van der Waals surface area contributed by atoms with Crippen molar-refractivity contribution >= 4 is 0 Å². The van der Waals surface area contributed by atoms with Gasteiger partial charge in [-0.3, -0.25) is 0 Å². The molecule has 2 saturated heterocycles. The molecule has 3 unspecified atom stereocenters. The van der Waals surface area contributed by atoms with Crippen LogP contribution >= 0.6 is 0 Å². The van der Waals surface area contributed by atoms with Crippen LogP contribution in [0.4, 0.5) is 0 Å². The van der Waals surface area contributed by atoms with Gasteiger partial charge in [0.15, 0.2) is 5.60 Å². The fourth-order valence-electron chi connectivity index (χ4n) is 4.56. The second-order valence-corrected chi connectivity index (χ2v) is 7.46. The average molecular weight is 354 g/mol. The van der Waals surface area contributed by atoms with Crippen LogP contribution in [0.2, 0.25) is 0 Å². The lowest BCUT2D eigenvalue weighted by molar-refractivity contribution is -0.228. The number of rotatable bonds is 3. The van der Waals surface area contributed by atoms with Gasteiger partial charge in [0.25, 0.3) is 0 Å². The molecule has 0 aromatic heterocycles. The predicted octanol–water partition coefficient (Wildman–Crippen LogP) is 5.87. The molecular weight excluding hydrogens is 332 g/mol. The van der Waals surface area contributed by atoms with E-state index in [-0.39, 0.29) is 0 Å². The molecule has 3 aromatic carbocycles. The summed E-state index contributed by atoms with van der Waals surface area (Å²) in [6.07, 6.45) is 1.60. The van der Waals surface area contributed by atoms with Crippen LogP contribution in [0.3, 0.4) is 0 Å². The third kappa shape index (κ3) is 2.52. The van der Waals surface area contributed by atoms with E-state index in [1.165, 1.54) is 5.56 Å². The summed E-state index contributed by atoms with van der Waals surface area (Å²) in [6.45, 7) is 4.30. The Labute approximate surface area is 160 Å². The van der Waals surface area contributed by atoms with Crippen molar-refractivity contribution in [3.63, 3.8) is 0 Å². The molecule has 2 aliphatic rings. The summed E-state index contributed by atoms with van der Waals surface area (Å²) >= 11 is 0. The first-order valence-electron chi connectivity index (χ1n) is 9.46. The molecule has 3 aromatic rings. The third-order valence-electron chi connectivity index (χ3n) is 5.85. The molecule has 0 aliphatic carbocycles. The van der Waals surface area contributed by atoms with Gasteiger partial charge < -0.3 is 9.47 Å². The first-order valence-corrected chi connectivity index (χ1v) is 9.46. The summed E-state index contributed by atoms with van der Waals surface area (Å²) in [5.74, 6) is 0.225. The van der Waals surface area contributed by atoms with Crippen LogP contribution < -0.4 is 0 Å². The van der Waals surface area contributed by atoms with E-state index < -0.39 is 11.4 Å². The monoisotopic (exact) mass is 354 g/mol. The van der Waals surface area contributed by atoms with Gasteiger partial charge in [0, 0.05) is 12.0 Å². The van der Waals surface area contributed by atoms with Crippen LogP contribution in [0, 0.1) is 0 Å². The average Bonchev–Trinajstić information content (AvgIpc) is 2.96. The van der Waals surface area contributed by atoms with Crippen molar-refractivity contribution in [2.45, 2.75) is 30.1 Å². The van der Waals surface area contributed by atoms with Crippen molar-refractivity contribution in [1.29, 1.82) is 0 Å². The fraction of sp³-hybridized carbons (Fsp3) is 0.200. The fourth-order valence-corrected chi connectivity index (χ4v) is 4.56. The molecule has 0 N–H and O–H groups in total. The molecule has 2 nitrogen and oxygen atoms in total. The molecule has 0 spiro atoms. The summed E-state index contributed by atoms with van der Waals surface area (Å²) in [4.78, 5) is 0. The lowest BCUT2D eigenvalue weighted by Crippen LogP contribution is -2.40.